The first kappa shape index (κ1) is 43.1. The third kappa shape index (κ3) is 14.6. The Bertz CT molecular complexity index is 1740. The second-order valence-electron chi connectivity index (χ2n) is 12.0. The third-order valence-corrected chi connectivity index (χ3v) is 9.46. The van der Waals surface area contributed by atoms with Crippen LogP contribution in [0, 0.1) is 0 Å². The summed E-state index contributed by atoms with van der Waals surface area (Å²) in [4.78, 5) is 99.4. The van der Waals surface area contributed by atoms with Crippen molar-refractivity contribution in [3.63, 3.8) is 0 Å². The first-order valence-corrected chi connectivity index (χ1v) is 20.9. The summed E-state index contributed by atoms with van der Waals surface area (Å²) in [6.07, 6.45) is -15.7. The van der Waals surface area contributed by atoms with Gasteiger partial charge in [-0.05, 0) is 36.0 Å². The van der Waals surface area contributed by atoms with Gasteiger partial charge in [0, 0.05) is 19.3 Å². The standard InChI is InChI=1S/C33H39O18P3/c34-25(19-16-22-10-4-1-5-11-22)46-28-29(47-26(35)20-17-23-12-6-2-7-13-23)31(49-52(37,38)39)33(51-54(43,44)45)32(50-53(40,41)42)30(28)48-27(36)21-18-24-14-8-3-9-15-24/h1-15,28-33H,16-21H2,(H2,37,38,39)(H2,40,41,42)(H2,43,44,45)/t28?,29-,30+,31-,32-,33?/m1/s1. The third-order valence-electron chi connectivity index (χ3n) is 7.90. The topological polar surface area (TPSA) is 279 Å². The van der Waals surface area contributed by atoms with E-state index in [1.165, 1.54) is 0 Å². The summed E-state index contributed by atoms with van der Waals surface area (Å²) >= 11 is 0. The fraction of sp³-hybridized carbons (Fsp3) is 0.364. The predicted octanol–water partition coefficient (Wildman–Crippen LogP) is 3.07. The van der Waals surface area contributed by atoms with E-state index in [-0.39, 0.29) is 25.7 Å². The maximum atomic E-state index is 13.4. The average molecular weight is 817 g/mol. The molecule has 0 aromatic heterocycles. The molecule has 1 aliphatic carbocycles. The lowest BCUT2D eigenvalue weighted by Crippen LogP contribution is -2.67. The minimum Gasteiger partial charge on any atom is -0.455 e. The molecule has 0 aliphatic heterocycles. The number of aryl methyl sites for hydroxylation is 3. The van der Waals surface area contributed by atoms with Crippen LogP contribution in [0.2, 0.25) is 0 Å². The van der Waals surface area contributed by atoms with Crippen molar-refractivity contribution in [1.82, 2.24) is 0 Å². The van der Waals surface area contributed by atoms with Crippen molar-refractivity contribution >= 4 is 41.4 Å². The van der Waals surface area contributed by atoms with E-state index in [2.05, 4.69) is 0 Å². The highest BCUT2D eigenvalue weighted by Gasteiger charge is 2.62. The number of phosphoric ester groups is 3. The van der Waals surface area contributed by atoms with E-state index < -0.39 is 90.8 Å². The van der Waals surface area contributed by atoms with E-state index in [4.69, 9.17) is 27.8 Å². The van der Waals surface area contributed by atoms with Crippen LogP contribution >= 0.6 is 23.5 Å². The summed E-state index contributed by atoms with van der Waals surface area (Å²) in [6, 6.07) is 25.5. The number of rotatable bonds is 18. The average Bonchev–Trinajstić information content (AvgIpc) is 3.10. The predicted molar refractivity (Wildman–Crippen MR) is 185 cm³/mol. The first-order valence-electron chi connectivity index (χ1n) is 16.3. The lowest BCUT2D eigenvalue weighted by molar-refractivity contribution is -0.240. The van der Waals surface area contributed by atoms with E-state index in [1.807, 2.05) is 0 Å². The van der Waals surface area contributed by atoms with Gasteiger partial charge in [-0.15, -0.1) is 0 Å². The molecule has 0 heterocycles. The molecule has 0 amide bonds. The number of carbonyl (C=O) groups is 3. The summed E-state index contributed by atoms with van der Waals surface area (Å²) in [6.45, 7) is 0. The number of phosphoric acid groups is 3. The summed E-state index contributed by atoms with van der Waals surface area (Å²) in [5.74, 6) is -3.32. The van der Waals surface area contributed by atoms with Crippen LogP contribution in [0.15, 0.2) is 91.0 Å². The van der Waals surface area contributed by atoms with Crippen molar-refractivity contribution in [2.45, 2.75) is 75.1 Å². The van der Waals surface area contributed by atoms with Crippen molar-refractivity contribution in [3.05, 3.63) is 108 Å². The summed E-state index contributed by atoms with van der Waals surface area (Å²) in [5, 5.41) is 0. The van der Waals surface area contributed by atoms with Crippen LogP contribution in [0.4, 0.5) is 0 Å². The Morgan fingerprint density at radius 2 is 0.630 bits per heavy atom. The van der Waals surface area contributed by atoms with Crippen LogP contribution in [-0.2, 0) is 75.1 Å². The van der Waals surface area contributed by atoms with E-state index in [0.29, 0.717) is 16.7 Å². The highest BCUT2D eigenvalue weighted by atomic mass is 31.2. The summed E-state index contributed by atoms with van der Waals surface area (Å²) in [7, 11) is -17.4. The molecule has 4 rings (SSSR count). The molecule has 3 aromatic rings. The lowest BCUT2D eigenvalue weighted by Gasteiger charge is -2.47. The molecule has 1 fully saturated rings. The maximum absolute atomic E-state index is 13.4. The number of ether oxygens (including phenoxy) is 3. The zero-order valence-corrected chi connectivity index (χ0v) is 31.0. The Labute approximate surface area is 309 Å². The van der Waals surface area contributed by atoms with Gasteiger partial charge in [-0.1, -0.05) is 91.0 Å². The Morgan fingerprint density at radius 3 is 0.870 bits per heavy atom. The molecule has 0 bridgehead atoms. The fourth-order valence-corrected chi connectivity index (χ4v) is 7.34. The zero-order valence-electron chi connectivity index (χ0n) is 28.3. The smallest absolute Gasteiger partial charge is 0.455 e. The molecule has 18 nitrogen and oxygen atoms in total. The molecule has 1 aliphatic rings. The molecule has 1 saturated carbocycles. The molecule has 6 atom stereocenters. The van der Waals surface area contributed by atoms with Crippen molar-refractivity contribution in [2.75, 3.05) is 0 Å². The van der Waals surface area contributed by atoms with Gasteiger partial charge in [0.05, 0.1) is 0 Å². The van der Waals surface area contributed by atoms with Crippen molar-refractivity contribution in [2.24, 2.45) is 0 Å². The van der Waals surface area contributed by atoms with Crippen LogP contribution in [-0.4, -0.2) is 83.9 Å². The quantitative estimate of drug-likeness (QED) is 0.0611. The minimum atomic E-state index is -5.81. The lowest BCUT2D eigenvalue weighted by atomic mass is 9.84. The maximum Gasteiger partial charge on any atom is 0.470 e. The Kier molecular flexibility index (Phi) is 15.4. The largest absolute Gasteiger partial charge is 0.470 e. The molecular weight excluding hydrogens is 777 g/mol. The van der Waals surface area contributed by atoms with Crippen LogP contribution < -0.4 is 0 Å². The van der Waals surface area contributed by atoms with Gasteiger partial charge in [0.15, 0.2) is 18.3 Å². The van der Waals surface area contributed by atoms with Gasteiger partial charge in [0.25, 0.3) is 0 Å². The van der Waals surface area contributed by atoms with Crippen LogP contribution in [0.25, 0.3) is 0 Å². The van der Waals surface area contributed by atoms with Gasteiger partial charge in [0.1, 0.15) is 18.3 Å². The van der Waals surface area contributed by atoms with E-state index in [0.717, 1.165) is 0 Å². The number of hydrogen-bond donors (Lipinski definition) is 6. The Morgan fingerprint density at radius 1 is 0.407 bits per heavy atom. The van der Waals surface area contributed by atoms with Gasteiger partial charge in [-0.3, -0.25) is 28.0 Å². The minimum absolute atomic E-state index is 0.0577. The number of benzene rings is 3. The molecule has 3 aromatic carbocycles. The van der Waals surface area contributed by atoms with E-state index >= 15 is 0 Å². The van der Waals surface area contributed by atoms with E-state index in [9.17, 15) is 57.4 Å². The van der Waals surface area contributed by atoms with Gasteiger partial charge in [-0.25, -0.2) is 13.7 Å². The highest BCUT2D eigenvalue weighted by molar-refractivity contribution is 7.47. The highest BCUT2D eigenvalue weighted by Crippen LogP contribution is 2.51. The van der Waals surface area contributed by atoms with Crippen LogP contribution in [0.1, 0.15) is 36.0 Å². The zero-order chi connectivity index (χ0) is 39.5. The molecule has 6 N–H and O–H groups in total. The van der Waals surface area contributed by atoms with Crippen molar-refractivity contribution < 1.29 is 85.2 Å². The number of hydrogen-bond acceptors (Lipinski definition) is 12. The molecule has 54 heavy (non-hydrogen) atoms. The normalized spacial score (nSPS) is 21.9. The molecule has 2 unspecified atom stereocenters. The fourth-order valence-electron chi connectivity index (χ4n) is 5.66. The van der Waals surface area contributed by atoms with Crippen molar-refractivity contribution in [1.29, 1.82) is 0 Å². The second-order valence-corrected chi connectivity index (χ2v) is 15.6. The first-order chi connectivity index (χ1) is 25.4. The molecular formula is C33H39O18P3. The van der Waals surface area contributed by atoms with Gasteiger partial charge in [0.2, 0.25) is 0 Å². The Balaban J connectivity index is 1.80. The van der Waals surface area contributed by atoms with Gasteiger partial charge in [-0.2, -0.15) is 0 Å². The van der Waals surface area contributed by atoms with E-state index in [1.54, 1.807) is 91.0 Å². The SMILES string of the molecule is O=C(CCc1ccccc1)OC1[C@@H](OC(=O)CCc2ccccc2)[C@@H](OP(=O)(O)O)C(OP(=O)(O)O)[C@H](OP(=O)(O)O)[C@H]1OC(=O)CCc1ccccc1. The van der Waals surface area contributed by atoms with Gasteiger partial charge < -0.3 is 43.6 Å². The second kappa shape index (κ2) is 19.3. The molecule has 21 heteroatoms. The molecule has 0 radical (unpaired) electrons. The number of carbonyl (C=O) groups excluding carboxylic acids is 3. The molecule has 0 spiro atoms. The summed E-state index contributed by atoms with van der Waals surface area (Å²) < 4.78 is 68.0. The van der Waals surface area contributed by atoms with Crippen LogP contribution in [0.3, 0.4) is 0 Å². The molecule has 0 saturated heterocycles. The van der Waals surface area contributed by atoms with Gasteiger partial charge >= 0.3 is 41.4 Å². The number of esters is 3. The molecule has 294 valence electrons. The monoisotopic (exact) mass is 816 g/mol. The Hall–Kier alpha value is -3.60. The van der Waals surface area contributed by atoms with Crippen LogP contribution in [0.5, 0.6) is 0 Å². The summed E-state index contributed by atoms with van der Waals surface area (Å²) in [5.41, 5.74) is 1.99. The van der Waals surface area contributed by atoms with Crippen molar-refractivity contribution in [3.8, 4) is 0 Å².